The van der Waals surface area contributed by atoms with E-state index in [0.717, 1.165) is 72.9 Å². The summed E-state index contributed by atoms with van der Waals surface area (Å²) in [7, 11) is 0. The quantitative estimate of drug-likeness (QED) is 0.142. The first-order valence-corrected chi connectivity index (χ1v) is 23.3. The molecule has 3 heterocycles. The van der Waals surface area contributed by atoms with Gasteiger partial charge >= 0.3 is 0 Å². The van der Waals surface area contributed by atoms with Gasteiger partial charge in [0, 0.05) is 90.0 Å². The van der Waals surface area contributed by atoms with E-state index in [1.54, 1.807) is 0 Å². The minimum Gasteiger partial charge on any atom is -0.339 e. The van der Waals surface area contributed by atoms with Gasteiger partial charge in [-0.2, -0.15) is 0 Å². The van der Waals surface area contributed by atoms with Gasteiger partial charge in [-0.15, -0.1) is 108 Å². The van der Waals surface area contributed by atoms with Crippen LogP contribution in [0.15, 0.2) is 267 Å². The molecule has 0 atom stereocenters. The summed E-state index contributed by atoms with van der Waals surface area (Å²) in [5.74, 6) is 0.868. The maximum Gasteiger partial charge on any atom is 0.0603 e. The Labute approximate surface area is 469 Å². The molecule has 0 aliphatic heterocycles. The van der Waals surface area contributed by atoms with Crippen LogP contribution in [0, 0.1) is 25.1 Å². The summed E-state index contributed by atoms with van der Waals surface area (Å²) in [6.07, 6.45) is 5.82. The van der Waals surface area contributed by atoms with Crippen LogP contribution in [0.2, 0.25) is 0 Å². The third kappa shape index (κ3) is 13.2. The molecule has 7 heteroatoms. The number of aryl methyl sites for hydroxylation is 1. The molecule has 0 aliphatic rings. The fourth-order valence-corrected chi connectivity index (χ4v) is 8.42. The van der Waals surface area contributed by atoms with Gasteiger partial charge in [0.2, 0.25) is 0 Å². The zero-order chi connectivity index (χ0) is 47.3. The molecule has 4 nitrogen and oxygen atoms in total. The molecule has 9 aromatic carbocycles. The second-order valence-corrected chi connectivity index (χ2v) is 16.7. The number of hydrogen-bond donors (Lipinski definition) is 0. The molecule has 3 aromatic heterocycles. The van der Waals surface area contributed by atoms with Gasteiger partial charge in [0.05, 0.1) is 17.0 Å². The number of rotatable bonds is 8. The third-order valence-electron chi connectivity index (χ3n) is 11.9. The zero-order valence-electron chi connectivity index (χ0n) is 39.7. The average Bonchev–Trinajstić information content (AvgIpc) is 3.94. The summed E-state index contributed by atoms with van der Waals surface area (Å²) in [6.45, 7) is 2.09. The third-order valence-corrected chi connectivity index (χ3v) is 11.9. The molecule has 0 unspecified atom stereocenters. The van der Waals surface area contributed by atoms with Crippen molar-refractivity contribution >= 4 is 10.9 Å². The Morgan fingerprint density at radius 1 is 0.384 bits per heavy atom. The Bertz CT molecular complexity index is 3440. The summed E-state index contributed by atoms with van der Waals surface area (Å²) in [5, 5.41) is 1.18. The minimum atomic E-state index is 0. The maximum atomic E-state index is 4.74. The van der Waals surface area contributed by atoms with E-state index in [1.807, 2.05) is 116 Å². The smallest absolute Gasteiger partial charge is 0.0603 e. The molecule has 12 aromatic rings. The molecule has 0 fully saturated rings. The van der Waals surface area contributed by atoms with E-state index in [4.69, 9.17) is 4.98 Å². The molecule has 0 N–H and O–H groups in total. The van der Waals surface area contributed by atoms with Crippen LogP contribution in [0.4, 0.5) is 0 Å². The number of pyridine rings is 2. The van der Waals surface area contributed by atoms with Crippen molar-refractivity contribution in [3.05, 3.63) is 291 Å². The van der Waals surface area contributed by atoms with Crippen LogP contribution < -0.4 is 0 Å². The maximum absolute atomic E-state index is 4.74. The molecular weight excluding hydrogens is 1430 g/mol. The molecule has 0 saturated carbocycles. The molecule has 12 rings (SSSR count). The monoisotopic (exact) mass is 1470 g/mol. The Hall–Kier alpha value is -7.30. The molecule has 0 bridgehead atoms. The topological polar surface area (TPSA) is 43.6 Å². The fourth-order valence-electron chi connectivity index (χ4n) is 8.42. The SMILES string of the molecule is Cc1ccc2ccc(-c3[c-]cccc3)nc2c1.[Ir].[Ir].[Ir].[c-]1ccccc1-c1ccc(-c2ccccc2)cn1.[c-]1ccccc1-c1nccn1-c1c(-c2ccccc2)cc(-c2ccccc2)cc1-c1ccccc1. The average molecular weight is 1470 g/mol. The molecule has 0 spiro atoms. The first kappa shape index (κ1) is 53.5. The van der Waals surface area contributed by atoms with Gasteiger partial charge in [0.1, 0.15) is 0 Å². The van der Waals surface area contributed by atoms with Crippen LogP contribution in [0.3, 0.4) is 0 Å². The Morgan fingerprint density at radius 3 is 1.36 bits per heavy atom. The van der Waals surface area contributed by atoms with Crippen molar-refractivity contribution in [2.45, 2.75) is 6.92 Å². The van der Waals surface area contributed by atoms with Crippen molar-refractivity contribution < 1.29 is 60.3 Å². The van der Waals surface area contributed by atoms with E-state index < -0.39 is 0 Å². The standard InChI is InChI=1S/C33H23N2.C17H12N.C16H12N.3Ir/c1-5-13-25(14-6-1)29-23-30(26-15-7-2-8-16-26)32(31(24-29)27-17-9-3-10-18-27)35-22-21-34-33(35)28-19-11-4-12-20-28;1-3-7-14(8-4-1)16-11-12-17(18-13-16)15-9-5-2-6-10-15;1-12-7-8-14-9-10-15(17-16(14)11-12)13-5-3-2-4-6-13;;;/h1-19,21-24H;1-9,11-13H;2-5,7-11H,1H3;;;/q3*-1;;;. The van der Waals surface area contributed by atoms with E-state index in [1.165, 1.54) is 27.6 Å². The van der Waals surface area contributed by atoms with E-state index in [0.29, 0.717) is 0 Å². The number of nitrogens with zero attached hydrogens (tertiary/aromatic N) is 4. The predicted molar refractivity (Wildman–Crippen MR) is 289 cm³/mol. The largest absolute Gasteiger partial charge is 0.339 e. The number of imidazole rings is 1. The number of hydrogen-bond acceptors (Lipinski definition) is 3. The van der Waals surface area contributed by atoms with E-state index in [-0.39, 0.29) is 60.3 Å². The van der Waals surface area contributed by atoms with Gasteiger partial charge in [-0.25, -0.2) is 0 Å². The molecule has 0 aliphatic carbocycles. The van der Waals surface area contributed by atoms with E-state index >= 15 is 0 Å². The van der Waals surface area contributed by atoms with Gasteiger partial charge in [-0.05, 0) is 80.8 Å². The van der Waals surface area contributed by atoms with Gasteiger partial charge in [-0.3, -0.25) is 9.97 Å². The summed E-state index contributed by atoms with van der Waals surface area (Å²) in [6, 6.07) is 94.8. The van der Waals surface area contributed by atoms with Crippen molar-refractivity contribution in [2.24, 2.45) is 0 Å². The second kappa shape index (κ2) is 26.4. The van der Waals surface area contributed by atoms with Gasteiger partial charge in [-0.1, -0.05) is 158 Å². The number of benzene rings is 9. The van der Waals surface area contributed by atoms with E-state index in [2.05, 4.69) is 191 Å². The van der Waals surface area contributed by atoms with E-state index in [9.17, 15) is 0 Å². The van der Waals surface area contributed by atoms with Gasteiger partial charge in [0.15, 0.2) is 0 Å². The van der Waals surface area contributed by atoms with Gasteiger partial charge < -0.3 is 9.55 Å². The van der Waals surface area contributed by atoms with Crippen LogP contribution in [0.25, 0.3) is 95.0 Å². The molecule has 0 saturated heterocycles. The number of fused-ring (bicyclic) bond motifs is 1. The van der Waals surface area contributed by atoms with Crippen LogP contribution in [-0.2, 0) is 60.3 Å². The summed E-state index contributed by atoms with van der Waals surface area (Å²) < 4.78 is 2.20. The normalized spacial score (nSPS) is 10.2. The Morgan fingerprint density at radius 2 is 0.849 bits per heavy atom. The zero-order valence-corrected chi connectivity index (χ0v) is 46.9. The Kier molecular flexibility index (Phi) is 19.4. The van der Waals surface area contributed by atoms with Crippen molar-refractivity contribution in [3.63, 3.8) is 0 Å². The summed E-state index contributed by atoms with van der Waals surface area (Å²) in [4.78, 5) is 13.9. The first-order valence-electron chi connectivity index (χ1n) is 23.3. The van der Waals surface area contributed by atoms with Crippen LogP contribution in [-0.4, -0.2) is 19.5 Å². The molecule has 0 amide bonds. The van der Waals surface area contributed by atoms with Crippen LogP contribution in [0.1, 0.15) is 5.56 Å². The molecule has 73 heavy (non-hydrogen) atoms. The summed E-state index contributed by atoms with van der Waals surface area (Å²) in [5.41, 5.74) is 17.7. The van der Waals surface area contributed by atoms with Crippen molar-refractivity contribution in [3.8, 4) is 84.1 Å². The van der Waals surface area contributed by atoms with Crippen molar-refractivity contribution in [2.75, 3.05) is 0 Å². The van der Waals surface area contributed by atoms with Crippen molar-refractivity contribution in [1.82, 2.24) is 19.5 Å². The van der Waals surface area contributed by atoms with Crippen LogP contribution in [0.5, 0.6) is 0 Å². The molecule has 361 valence electrons. The molecule has 3 radical (unpaired) electrons. The number of aromatic nitrogens is 4. The second-order valence-electron chi connectivity index (χ2n) is 16.7. The summed E-state index contributed by atoms with van der Waals surface area (Å²) >= 11 is 0. The first-order chi connectivity index (χ1) is 34.6. The fraction of sp³-hybridized carbons (Fsp3) is 0.0152. The molecular formula is C66H47Ir3N4-3. The minimum absolute atomic E-state index is 0. The van der Waals surface area contributed by atoms with Crippen LogP contribution >= 0.6 is 0 Å². The predicted octanol–water partition coefficient (Wildman–Crippen LogP) is 16.6. The van der Waals surface area contributed by atoms with Gasteiger partial charge in [0.25, 0.3) is 0 Å². The van der Waals surface area contributed by atoms with Crippen molar-refractivity contribution in [1.29, 1.82) is 0 Å². The Balaban J connectivity index is 0.000000173.